The van der Waals surface area contributed by atoms with E-state index in [1.165, 1.54) is 12.8 Å². The molecule has 1 amide bonds. The molecule has 1 unspecified atom stereocenters. The summed E-state index contributed by atoms with van der Waals surface area (Å²) in [5, 5.41) is 0. The minimum absolute atomic E-state index is 0.0994. The van der Waals surface area contributed by atoms with E-state index in [-0.39, 0.29) is 5.91 Å². The molecular weight excluding hydrogens is 238 g/mol. The molecule has 0 aliphatic carbocycles. The summed E-state index contributed by atoms with van der Waals surface area (Å²) < 4.78 is 0. The van der Waals surface area contributed by atoms with E-state index in [4.69, 9.17) is 5.84 Å². The summed E-state index contributed by atoms with van der Waals surface area (Å²) in [6.45, 7) is 3.01. The van der Waals surface area contributed by atoms with E-state index in [2.05, 4.69) is 12.3 Å². The highest BCUT2D eigenvalue weighted by Crippen LogP contribution is 2.24. The van der Waals surface area contributed by atoms with Crippen molar-refractivity contribution in [2.75, 3.05) is 12.0 Å². The predicted molar refractivity (Wildman–Crippen MR) is 77.8 cm³/mol. The summed E-state index contributed by atoms with van der Waals surface area (Å²) in [6, 6.07) is 7.81. The van der Waals surface area contributed by atoms with Crippen molar-refractivity contribution < 1.29 is 4.79 Å². The quantitative estimate of drug-likeness (QED) is 0.649. The largest absolute Gasteiger partial charge is 0.336 e. The van der Waals surface area contributed by atoms with E-state index in [9.17, 15) is 4.79 Å². The maximum atomic E-state index is 12.7. The SMILES string of the molecule is CCC1CCCCCN1C(=O)c1ccccc1NN. The molecule has 104 valence electrons. The fourth-order valence-corrected chi connectivity index (χ4v) is 2.82. The number of nitrogens with two attached hydrogens (primary N) is 1. The van der Waals surface area contributed by atoms with Gasteiger partial charge in [-0.25, -0.2) is 0 Å². The number of benzene rings is 1. The van der Waals surface area contributed by atoms with Crippen molar-refractivity contribution in [3.63, 3.8) is 0 Å². The molecule has 4 nitrogen and oxygen atoms in total. The summed E-state index contributed by atoms with van der Waals surface area (Å²) in [6.07, 6.45) is 5.67. The van der Waals surface area contributed by atoms with Gasteiger partial charge in [0.15, 0.2) is 0 Å². The molecule has 2 rings (SSSR count). The van der Waals surface area contributed by atoms with Crippen LogP contribution in [0.2, 0.25) is 0 Å². The molecule has 3 N–H and O–H groups in total. The van der Waals surface area contributed by atoms with Crippen molar-refractivity contribution in [1.82, 2.24) is 4.90 Å². The number of carbonyl (C=O) groups is 1. The lowest BCUT2D eigenvalue weighted by molar-refractivity contribution is 0.0679. The van der Waals surface area contributed by atoms with Crippen LogP contribution in [0.3, 0.4) is 0 Å². The van der Waals surface area contributed by atoms with Crippen LogP contribution in [0, 0.1) is 0 Å². The molecule has 1 atom stereocenters. The average Bonchev–Trinajstić information content (AvgIpc) is 2.71. The minimum Gasteiger partial charge on any atom is -0.336 e. The van der Waals surface area contributed by atoms with Crippen LogP contribution >= 0.6 is 0 Å². The molecule has 19 heavy (non-hydrogen) atoms. The third-order valence-corrected chi connectivity index (χ3v) is 3.92. The topological polar surface area (TPSA) is 58.4 Å². The van der Waals surface area contributed by atoms with Crippen molar-refractivity contribution in [3.05, 3.63) is 29.8 Å². The Hall–Kier alpha value is -1.55. The molecule has 1 fully saturated rings. The van der Waals surface area contributed by atoms with Crippen molar-refractivity contribution >= 4 is 11.6 Å². The summed E-state index contributed by atoms with van der Waals surface area (Å²) in [5.74, 6) is 5.59. The zero-order chi connectivity index (χ0) is 13.7. The van der Waals surface area contributed by atoms with Gasteiger partial charge in [-0.05, 0) is 31.4 Å². The number of nitrogens with zero attached hydrogens (tertiary/aromatic N) is 1. The van der Waals surface area contributed by atoms with E-state index < -0.39 is 0 Å². The molecule has 0 spiro atoms. The van der Waals surface area contributed by atoms with Gasteiger partial charge < -0.3 is 10.3 Å². The molecular formula is C15H23N3O. The Labute approximate surface area is 114 Å². The van der Waals surface area contributed by atoms with Gasteiger partial charge in [-0.3, -0.25) is 10.6 Å². The summed E-state index contributed by atoms with van der Waals surface area (Å²) in [7, 11) is 0. The van der Waals surface area contributed by atoms with Crippen LogP contribution < -0.4 is 11.3 Å². The molecule has 0 radical (unpaired) electrons. The maximum absolute atomic E-state index is 12.7. The number of anilines is 1. The highest BCUT2D eigenvalue weighted by molar-refractivity contribution is 5.99. The Balaban J connectivity index is 2.25. The average molecular weight is 261 g/mol. The standard InChI is InChI=1S/C15H23N3O/c1-2-12-8-4-3-7-11-18(12)15(19)13-9-5-6-10-14(13)17-16/h5-6,9-10,12,17H,2-4,7-8,11,16H2,1H3. The Kier molecular flexibility index (Phi) is 4.80. The number of para-hydroxylation sites is 1. The van der Waals surface area contributed by atoms with E-state index in [1.807, 2.05) is 29.2 Å². The number of hydrogen-bond donors (Lipinski definition) is 2. The zero-order valence-electron chi connectivity index (χ0n) is 11.6. The summed E-state index contributed by atoms with van der Waals surface area (Å²) in [5.41, 5.74) is 3.99. The Morgan fingerprint density at radius 1 is 1.37 bits per heavy atom. The third kappa shape index (κ3) is 3.07. The van der Waals surface area contributed by atoms with Crippen LogP contribution in [0.5, 0.6) is 0 Å². The lowest BCUT2D eigenvalue weighted by atomic mass is 10.1. The van der Waals surface area contributed by atoms with Gasteiger partial charge in [-0.1, -0.05) is 31.9 Å². The van der Waals surface area contributed by atoms with Gasteiger partial charge in [0.25, 0.3) is 5.91 Å². The fraction of sp³-hybridized carbons (Fsp3) is 0.533. The van der Waals surface area contributed by atoms with Crippen molar-refractivity contribution in [2.24, 2.45) is 5.84 Å². The molecule has 4 heteroatoms. The number of hydrazine groups is 1. The smallest absolute Gasteiger partial charge is 0.256 e. The number of rotatable bonds is 3. The van der Waals surface area contributed by atoms with E-state index >= 15 is 0 Å². The Bertz CT molecular complexity index is 433. The molecule has 0 saturated carbocycles. The van der Waals surface area contributed by atoms with Crippen molar-refractivity contribution in [2.45, 2.75) is 45.1 Å². The second kappa shape index (κ2) is 6.57. The fourth-order valence-electron chi connectivity index (χ4n) is 2.82. The van der Waals surface area contributed by atoms with Crippen molar-refractivity contribution in [3.8, 4) is 0 Å². The second-order valence-corrected chi connectivity index (χ2v) is 5.10. The maximum Gasteiger partial charge on any atom is 0.256 e. The van der Waals surface area contributed by atoms with Crippen LogP contribution in [0.25, 0.3) is 0 Å². The van der Waals surface area contributed by atoms with E-state index in [1.54, 1.807) is 0 Å². The first-order valence-corrected chi connectivity index (χ1v) is 7.14. The third-order valence-electron chi connectivity index (χ3n) is 3.92. The lowest BCUT2D eigenvalue weighted by Gasteiger charge is -2.30. The van der Waals surface area contributed by atoms with Gasteiger partial charge in [-0.2, -0.15) is 0 Å². The van der Waals surface area contributed by atoms with Gasteiger partial charge >= 0.3 is 0 Å². The van der Waals surface area contributed by atoms with Crippen molar-refractivity contribution in [1.29, 1.82) is 0 Å². The summed E-state index contributed by atoms with van der Waals surface area (Å²) >= 11 is 0. The predicted octanol–water partition coefficient (Wildman–Crippen LogP) is 2.77. The van der Waals surface area contributed by atoms with Gasteiger partial charge in [-0.15, -0.1) is 0 Å². The van der Waals surface area contributed by atoms with Crippen LogP contribution in [0.4, 0.5) is 5.69 Å². The second-order valence-electron chi connectivity index (χ2n) is 5.10. The first-order valence-electron chi connectivity index (χ1n) is 7.14. The monoisotopic (exact) mass is 261 g/mol. The molecule has 1 aromatic rings. The van der Waals surface area contributed by atoms with Crippen LogP contribution in [-0.4, -0.2) is 23.4 Å². The lowest BCUT2D eigenvalue weighted by Crippen LogP contribution is -2.40. The Morgan fingerprint density at radius 3 is 2.89 bits per heavy atom. The van der Waals surface area contributed by atoms with Gasteiger partial charge in [0.05, 0.1) is 11.3 Å². The van der Waals surface area contributed by atoms with Crippen LogP contribution in [-0.2, 0) is 0 Å². The normalized spacial score (nSPS) is 19.9. The highest BCUT2D eigenvalue weighted by atomic mass is 16.2. The number of hydrogen-bond acceptors (Lipinski definition) is 3. The molecule has 0 aromatic heterocycles. The molecule has 0 bridgehead atoms. The van der Waals surface area contributed by atoms with Crippen LogP contribution in [0.15, 0.2) is 24.3 Å². The van der Waals surface area contributed by atoms with E-state index in [0.29, 0.717) is 17.3 Å². The molecule has 1 heterocycles. The number of nitrogens with one attached hydrogen (secondary N) is 1. The first-order chi connectivity index (χ1) is 9.27. The number of amides is 1. The molecule has 1 aliphatic rings. The van der Waals surface area contributed by atoms with Gasteiger partial charge in [0.1, 0.15) is 0 Å². The zero-order valence-corrected chi connectivity index (χ0v) is 11.6. The first kappa shape index (κ1) is 13.9. The van der Waals surface area contributed by atoms with Gasteiger partial charge in [0, 0.05) is 12.6 Å². The molecule has 1 saturated heterocycles. The minimum atomic E-state index is 0.0994. The molecule has 1 aliphatic heterocycles. The van der Waals surface area contributed by atoms with Crippen LogP contribution in [0.1, 0.15) is 49.4 Å². The number of likely N-dealkylation sites (tertiary alicyclic amines) is 1. The van der Waals surface area contributed by atoms with E-state index in [0.717, 1.165) is 25.8 Å². The van der Waals surface area contributed by atoms with Gasteiger partial charge in [0.2, 0.25) is 0 Å². The number of carbonyl (C=O) groups excluding carboxylic acids is 1. The Morgan fingerprint density at radius 2 is 2.16 bits per heavy atom. The summed E-state index contributed by atoms with van der Waals surface area (Å²) in [4.78, 5) is 14.8. The molecule has 1 aromatic carbocycles. The highest BCUT2D eigenvalue weighted by Gasteiger charge is 2.26. The number of nitrogen functional groups attached to an aromatic ring is 1.